The van der Waals surface area contributed by atoms with Crippen molar-refractivity contribution in [2.75, 3.05) is 0 Å². The number of sulfone groups is 1. The van der Waals surface area contributed by atoms with Crippen molar-refractivity contribution in [3.05, 3.63) is 59.2 Å². The minimum Gasteiger partial charge on any atom is -0.298 e. The largest absolute Gasteiger partial charge is 0.298 e. The standard InChI is InChI=1S/C16H19N5O2S/c1-12-9-20(3)19-15(12)11-24(22,23)16-18-17-13(2)21(16)10-14-7-5-4-6-8-14/h4-9H,10-11H2,1-3H3. The van der Waals surface area contributed by atoms with E-state index in [1.165, 1.54) is 0 Å². The molecule has 2 heterocycles. The van der Waals surface area contributed by atoms with E-state index in [1.54, 1.807) is 29.4 Å². The normalized spacial score (nSPS) is 11.8. The number of hydrogen-bond acceptors (Lipinski definition) is 5. The third-order valence-electron chi connectivity index (χ3n) is 3.80. The van der Waals surface area contributed by atoms with Gasteiger partial charge in [0, 0.05) is 13.2 Å². The van der Waals surface area contributed by atoms with Gasteiger partial charge in [-0.3, -0.25) is 9.25 Å². The van der Waals surface area contributed by atoms with Crippen molar-refractivity contribution in [2.24, 2.45) is 7.05 Å². The Morgan fingerprint density at radius 3 is 2.42 bits per heavy atom. The average molecular weight is 345 g/mol. The molecule has 0 saturated carbocycles. The lowest BCUT2D eigenvalue weighted by molar-refractivity contribution is 0.567. The predicted octanol–water partition coefficient (Wildman–Crippen LogP) is 1.65. The van der Waals surface area contributed by atoms with Crippen LogP contribution >= 0.6 is 0 Å². The highest BCUT2D eigenvalue weighted by molar-refractivity contribution is 7.90. The highest BCUT2D eigenvalue weighted by atomic mass is 32.2. The Kier molecular flexibility index (Phi) is 4.23. The number of benzene rings is 1. The molecule has 3 rings (SSSR count). The number of aromatic nitrogens is 5. The molecule has 7 nitrogen and oxygen atoms in total. The van der Waals surface area contributed by atoms with Crippen molar-refractivity contribution in [1.29, 1.82) is 0 Å². The maximum absolute atomic E-state index is 12.8. The number of nitrogens with zero attached hydrogens (tertiary/aromatic N) is 5. The minimum absolute atomic E-state index is 0.0195. The van der Waals surface area contributed by atoms with Gasteiger partial charge in [0.2, 0.25) is 15.0 Å². The van der Waals surface area contributed by atoms with Gasteiger partial charge in [0.15, 0.2) is 0 Å². The molecular weight excluding hydrogens is 326 g/mol. The Morgan fingerprint density at radius 2 is 1.79 bits per heavy atom. The number of rotatable bonds is 5. The molecule has 0 atom stereocenters. The highest BCUT2D eigenvalue weighted by Gasteiger charge is 2.26. The molecule has 24 heavy (non-hydrogen) atoms. The molecule has 0 amide bonds. The first kappa shape index (κ1) is 16.4. The van der Waals surface area contributed by atoms with E-state index in [1.807, 2.05) is 37.3 Å². The Labute approximate surface area is 140 Å². The first-order chi connectivity index (χ1) is 11.4. The Hall–Kier alpha value is -2.48. The van der Waals surface area contributed by atoms with Crippen LogP contribution in [0.4, 0.5) is 0 Å². The van der Waals surface area contributed by atoms with Crippen molar-refractivity contribution >= 4 is 9.84 Å². The quantitative estimate of drug-likeness (QED) is 0.702. The zero-order valence-electron chi connectivity index (χ0n) is 13.8. The van der Waals surface area contributed by atoms with E-state index in [9.17, 15) is 8.42 Å². The van der Waals surface area contributed by atoms with Crippen LogP contribution in [0.5, 0.6) is 0 Å². The third-order valence-corrected chi connectivity index (χ3v) is 5.32. The molecule has 8 heteroatoms. The fourth-order valence-corrected chi connectivity index (χ4v) is 4.05. The molecule has 126 valence electrons. The monoisotopic (exact) mass is 345 g/mol. The van der Waals surface area contributed by atoms with Crippen LogP contribution < -0.4 is 0 Å². The van der Waals surface area contributed by atoms with Crippen molar-refractivity contribution in [3.8, 4) is 0 Å². The molecule has 2 aromatic heterocycles. The van der Waals surface area contributed by atoms with Gasteiger partial charge in [0.05, 0.1) is 12.2 Å². The topological polar surface area (TPSA) is 82.7 Å². The maximum Gasteiger partial charge on any atom is 0.250 e. The molecule has 0 aliphatic carbocycles. The molecule has 0 bridgehead atoms. The SMILES string of the molecule is Cc1cn(C)nc1CS(=O)(=O)c1nnc(C)n1Cc1ccccc1. The summed E-state index contributed by atoms with van der Waals surface area (Å²) in [7, 11) is -1.87. The van der Waals surface area contributed by atoms with Crippen LogP contribution in [0.2, 0.25) is 0 Å². The molecule has 0 spiro atoms. The number of hydrogen-bond donors (Lipinski definition) is 0. The molecule has 1 aromatic carbocycles. The van der Waals surface area contributed by atoms with Crippen LogP contribution in [0.15, 0.2) is 41.7 Å². The van der Waals surface area contributed by atoms with Crippen molar-refractivity contribution in [2.45, 2.75) is 31.3 Å². The van der Waals surface area contributed by atoms with Crippen LogP contribution in [0.25, 0.3) is 0 Å². The van der Waals surface area contributed by atoms with Crippen LogP contribution in [0, 0.1) is 13.8 Å². The second-order valence-electron chi connectivity index (χ2n) is 5.79. The Balaban J connectivity index is 1.95. The lowest BCUT2D eigenvalue weighted by Gasteiger charge is -2.09. The van der Waals surface area contributed by atoms with E-state index >= 15 is 0 Å². The summed E-state index contributed by atoms with van der Waals surface area (Å²) in [6.45, 7) is 4.01. The van der Waals surface area contributed by atoms with E-state index in [0.29, 0.717) is 18.1 Å². The summed E-state index contributed by atoms with van der Waals surface area (Å²) >= 11 is 0. The summed E-state index contributed by atoms with van der Waals surface area (Å²) in [6.07, 6.45) is 1.80. The summed E-state index contributed by atoms with van der Waals surface area (Å²) < 4.78 is 28.9. The van der Waals surface area contributed by atoms with E-state index < -0.39 is 9.84 Å². The number of aryl methyl sites for hydroxylation is 3. The first-order valence-electron chi connectivity index (χ1n) is 7.52. The molecule has 0 fully saturated rings. The summed E-state index contributed by atoms with van der Waals surface area (Å²) in [5, 5.41) is 12.1. The fraction of sp³-hybridized carbons (Fsp3) is 0.312. The van der Waals surface area contributed by atoms with Crippen LogP contribution in [-0.2, 0) is 29.2 Å². The highest BCUT2D eigenvalue weighted by Crippen LogP contribution is 2.18. The molecule has 0 unspecified atom stereocenters. The lowest BCUT2D eigenvalue weighted by atomic mass is 10.2. The third kappa shape index (κ3) is 3.23. The summed E-state index contributed by atoms with van der Waals surface area (Å²) in [5.74, 6) is 0.377. The minimum atomic E-state index is -3.64. The van der Waals surface area contributed by atoms with Crippen LogP contribution in [0.3, 0.4) is 0 Å². The Bertz CT molecular complexity index is 958. The van der Waals surface area contributed by atoms with Gasteiger partial charge in [-0.1, -0.05) is 30.3 Å². The predicted molar refractivity (Wildman–Crippen MR) is 89.1 cm³/mol. The summed E-state index contributed by atoms with van der Waals surface area (Å²) in [6, 6.07) is 9.64. The zero-order chi connectivity index (χ0) is 17.3. The van der Waals surface area contributed by atoms with Gasteiger partial charge in [-0.25, -0.2) is 8.42 Å². The van der Waals surface area contributed by atoms with E-state index in [2.05, 4.69) is 15.3 Å². The lowest BCUT2D eigenvalue weighted by Crippen LogP contribution is -2.15. The average Bonchev–Trinajstić information content (AvgIpc) is 3.03. The maximum atomic E-state index is 12.8. The second kappa shape index (κ2) is 6.20. The van der Waals surface area contributed by atoms with Crippen molar-refractivity contribution in [1.82, 2.24) is 24.5 Å². The van der Waals surface area contributed by atoms with E-state index in [0.717, 1.165) is 11.1 Å². The van der Waals surface area contributed by atoms with Gasteiger partial charge < -0.3 is 0 Å². The smallest absolute Gasteiger partial charge is 0.250 e. The van der Waals surface area contributed by atoms with Gasteiger partial charge >= 0.3 is 0 Å². The molecule has 0 saturated heterocycles. The second-order valence-corrected chi connectivity index (χ2v) is 7.68. The van der Waals surface area contributed by atoms with Gasteiger partial charge in [-0.15, -0.1) is 10.2 Å². The summed E-state index contributed by atoms with van der Waals surface area (Å²) in [4.78, 5) is 0. The summed E-state index contributed by atoms with van der Waals surface area (Å²) in [5.41, 5.74) is 2.36. The van der Waals surface area contributed by atoms with Crippen molar-refractivity contribution < 1.29 is 8.42 Å². The van der Waals surface area contributed by atoms with Crippen molar-refractivity contribution in [3.63, 3.8) is 0 Å². The molecule has 0 aliphatic rings. The molecule has 0 N–H and O–H groups in total. The van der Waals surface area contributed by atoms with Gasteiger partial charge in [-0.2, -0.15) is 5.10 Å². The van der Waals surface area contributed by atoms with E-state index in [-0.39, 0.29) is 10.9 Å². The van der Waals surface area contributed by atoms with Gasteiger partial charge in [0.25, 0.3) is 0 Å². The molecule has 0 radical (unpaired) electrons. The van der Waals surface area contributed by atoms with Gasteiger partial charge in [0.1, 0.15) is 11.6 Å². The van der Waals surface area contributed by atoms with Gasteiger partial charge in [-0.05, 0) is 25.0 Å². The molecule has 0 aliphatic heterocycles. The molecular formula is C16H19N5O2S. The van der Waals surface area contributed by atoms with Crippen LogP contribution in [-0.4, -0.2) is 33.0 Å². The first-order valence-corrected chi connectivity index (χ1v) is 9.17. The van der Waals surface area contributed by atoms with E-state index in [4.69, 9.17) is 0 Å². The zero-order valence-corrected chi connectivity index (χ0v) is 14.7. The fourth-order valence-electron chi connectivity index (χ4n) is 2.58. The Morgan fingerprint density at radius 1 is 1.08 bits per heavy atom. The molecule has 3 aromatic rings. The van der Waals surface area contributed by atoms with Crippen LogP contribution in [0.1, 0.15) is 22.6 Å².